The zero-order valence-electron chi connectivity index (χ0n) is 8.70. The predicted molar refractivity (Wildman–Crippen MR) is 56.8 cm³/mol. The molecule has 0 unspecified atom stereocenters. The average molecular weight is 214 g/mol. The highest BCUT2D eigenvalue weighted by atomic mass is 16.4. The van der Waals surface area contributed by atoms with Gasteiger partial charge in [-0.25, -0.2) is 4.79 Å². The minimum absolute atomic E-state index is 0.0960. The van der Waals surface area contributed by atoms with Gasteiger partial charge in [0, 0.05) is 19.0 Å². The number of urea groups is 1. The van der Waals surface area contributed by atoms with Gasteiger partial charge in [-0.05, 0) is 25.7 Å². The molecule has 0 aromatic heterocycles. The predicted octanol–water partition coefficient (Wildman–Crippen LogP) is 0.365. The fraction of sp³-hybridized carbons (Fsp3) is 0.778. The summed E-state index contributed by atoms with van der Waals surface area (Å²) in [6.07, 6.45) is 4.38. The van der Waals surface area contributed by atoms with Crippen LogP contribution in [0.2, 0.25) is 0 Å². The lowest BCUT2D eigenvalue weighted by Gasteiger charge is -2.05. The second-order valence-electron chi connectivity index (χ2n) is 3.72. The highest BCUT2D eigenvalue weighted by molar-refractivity contribution is 5.79. The quantitative estimate of drug-likeness (QED) is 0.169. The van der Waals surface area contributed by atoms with Gasteiger partial charge in [0.2, 0.25) is 0 Å². The molecule has 0 saturated heterocycles. The van der Waals surface area contributed by atoms with Crippen LogP contribution in [0.5, 0.6) is 0 Å². The molecular formula is C9H18N4O2. The van der Waals surface area contributed by atoms with Gasteiger partial charge in [0.05, 0.1) is 0 Å². The molecule has 5 N–H and O–H groups in total. The largest absolute Gasteiger partial charge is 0.409 e. The first-order chi connectivity index (χ1) is 7.22. The molecule has 0 aromatic carbocycles. The minimum Gasteiger partial charge on any atom is -0.409 e. The molecule has 1 fully saturated rings. The molecule has 0 aliphatic heterocycles. The van der Waals surface area contributed by atoms with E-state index in [2.05, 4.69) is 15.8 Å². The van der Waals surface area contributed by atoms with Crippen LogP contribution in [0.25, 0.3) is 0 Å². The summed E-state index contributed by atoms with van der Waals surface area (Å²) in [7, 11) is 0. The number of carbonyl (C=O) groups excluding carboxylic acids is 1. The molecule has 0 radical (unpaired) electrons. The fourth-order valence-electron chi connectivity index (χ4n) is 1.15. The SMILES string of the molecule is NC(CCCCNC(=O)NC1CC1)=NO. The number of hydrogen-bond donors (Lipinski definition) is 4. The van der Waals surface area contributed by atoms with Gasteiger partial charge in [0.25, 0.3) is 0 Å². The van der Waals surface area contributed by atoms with Gasteiger partial charge in [-0.1, -0.05) is 5.16 Å². The van der Waals surface area contributed by atoms with E-state index < -0.39 is 0 Å². The van der Waals surface area contributed by atoms with Crippen LogP contribution in [-0.4, -0.2) is 29.7 Å². The average Bonchev–Trinajstić information content (AvgIpc) is 3.00. The van der Waals surface area contributed by atoms with Gasteiger partial charge < -0.3 is 21.6 Å². The zero-order chi connectivity index (χ0) is 11.1. The lowest BCUT2D eigenvalue weighted by molar-refractivity contribution is 0.240. The van der Waals surface area contributed by atoms with E-state index in [-0.39, 0.29) is 11.9 Å². The zero-order valence-corrected chi connectivity index (χ0v) is 8.70. The van der Waals surface area contributed by atoms with Crippen molar-refractivity contribution < 1.29 is 10.0 Å². The summed E-state index contributed by atoms with van der Waals surface area (Å²) in [5.74, 6) is 0.234. The molecule has 1 aliphatic rings. The second kappa shape index (κ2) is 6.10. The van der Waals surface area contributed by atoms with Crippen LogP contribution in [-0.2, 0) is 0 Å². The van der Waals surface area contributed by atoms with Crippen molar-refractivity contribution in [1.29, 1.82) is 0 Å². The van der Waals surface area contributed by atoms with Crippen LogP contribution in [0.4, 0.5) is 4.79 Å². The van der Waals surface area contributed by atoms with Crippen LogP contribution in [0.3, 0.4) is 0 Å². The highest BCUT2D eigenvalue weighted by Crippen LogP contribution is 2.18. The Morgan fingerprint density at radius 2 is 2.20 bits per heavy atom. The normalized spacial score (nSPS) is 16.1. The molecule has 2 amide bonds. The Balaban J connectivity index is 1.89. The third kappa shape index (κ3) is 5.77. The number of oxime groups is 1. The topological polar surface area (TPSA) is 99.7 Å². The number of amides is 2. The van der Waals surface area contributed by atoms with E-state index in [0.717, 1.165) is 25.7 Å². The van der Waals surface area contributed by atoms with Crippen molar-refractivity contribution in [3.8, 4) is 0 Å². The summed E-state index contributed by atoms with van der Waals surface area (Å²) >= 11 is 0. The monoisotopic (exact) mass is 214 g/mol. The third-order valence-corrected chi connectivity index (χ3v) is 2.19. The summed E-state index contributed by atoms with van der Waals surface area (Å²) < 4.78 is 0. The van der Waals surface area contributed by atoms with E-state index in [1.807, 2.05) is 0 Å². The summed E-state index contributed by atoms with van der Waals surface area (Å²) in [6.45, 7) is 0.622. The number of rotatable bonds is 6. The van der Waals surface area contributed by atoms with Crippen molar-refractivity contribution >= 4 is 11.9 Å². The van der Waals surface area contributed by atoms with Gasteiger partial charge in [-0.2, -0.15) is 0 Å². The van der Waals surface area contributed by atoms with Crippen LogP contribution in [0.1, 0.15) is 32.1 Å². The number of nitrogens with one attached hydrogen (secondary N) is 2. The maximum atomic E-state index is 11.1. The summed E-state index contributed by atoms with van der Waals surface area (Å²) in [5, 5.41) is 16.7. The minimum atomic E-state index is -0.0960. The second-order valence-corrected chi connectivity index (χ2v) is 3.72. The molecular weight excluding hydrogens is 196 g/mol. The Bertz CT molecular complexity index is 238. The van der Waals surface area contributed by atoms with Gasteiger partial charge in [-0.15, -0.1) is 0 Å². The highest BCUT2D eigenvalue weighted by Gasteiger charge is 2.22. The molecule has 0 heterocycles. The van der Waals surface area contributed by atoms with Gasteiger partial charge in [0.1, 0.15) is 5.84 Å². The molecule has 86 valence electrons. The van der Waals surface area contributed by atoms with Gasteiger partial charge >= 0.3 is 6.03 Å². The van der Waals surface area contributed by atoms with Crippen molar-refractivity contribution in [1.82, 2.24) is 10.6 Å². The Morgan fingerprint density at radius 1 is 1.47 bits per heavy atom. The van der Waals surface area contributed by atoms with Crippen molar-refractivity contribution in [2.45, 2.75) is 38.1 Å². The number of amidine groups is 1. The van der Waals surface area contributed by atoms with E-state index in [1.165, 1.54) is 0 Å². The molecule has 1 aliphatic carbocycles. The summed E-state index contributed by atoms with van der Waals surface area (Å²) in [5.41, 5.74) is 5.29. The lowest BCUT2D eigenvalue weighted by atomic mass is 10.2. The van der Waals surface area contributed by atoms with E-state index in [4.69, 9.17) is 10.9 Å². The van der Waals surface area contributed by atoms with Crippen LogP contribution < -0.4 is 16.4 Å². The van der Waals surface area contributed by atoms with Crippen molar-refractivity contribution in [3.05, 3.63) is 0 Å². The number of unbranched alkanes of at least 4 members (excludes halogenated alkanes) is 1. The molecule has 6 heteroatoms. The van der Waals surface area contributed by atoms with E-state index >= 15 is 0 Å². The molecule has 0 aromatic rings. The Morgan fingerprint density at radius 3 is 2.80 bits per heavy atom. The molecule has 15 heavy (non-hydrogen) atoms. The smallest absolute Gasteiger partial charge is 0.315 e. The first kappa shape index (κ1) is 11.6. The Hall–Kier alpha value is -1.46. The van der Waals surface area contributed by atoms with Crippen LogP contribution in [0, 0.1) is 0 Å². The Labute approximate surface area is 88.9 Å². The summed E-state index contributed by atoms with van der Waals surface area (Å²) in [6, 6.07) is 0.295. The molecule has 1 saturated carbocycles. The van der Waals surface area contributed by atoms with E-state index in [1.54, 1.807) is 0 Å². The van der Waals surface area contributed by atoms with E-state index in [0.29, 0.717) is 19.0 Å². The first-order valence-corrected chi connectivity index (χ1v) is 5.23. The molecule has 0 bridgehead atoms. The van der Waals surface area contributed by atoms with Crippen LogP contribution >= 0.6 is 0 Å². The fourth-order valence-corrected chi connectivity index (χ4v) is 1.15. The molecule has 0 atom stereocenters. The lowest BCUT2D eigenvalue weighted by Crippen LogP contribution is -2.37. The van der Waals surface area contributed by atoms with Crippen molar-refractivity contribution in [2.75, 3.05) is 6.54 Å². The van der Waals surface area contributed by atoms with Crippen LogP contribution in [0.15, 0.2) is 5.16 Å². The van der Waals surface area contributed by atoms with E-state index in [9.17, 15) is 4.79 Å². The number of nitrogens with zero attached hydrogens (tertiary/aromatic N) is 1. The van der Waals surface area contributed by atoms with Gasteiger partial charge in [0.15, 0.2) is 0 Å². The number of carbonyl (C=O) groups is 1. The molecule has 1 rings (SSSR count). The number of nitrogens with two attached hydrogens (primary N) is 1. The maximum absolute atomic E-state index is 11.1. The Kier molecular flexibility index (Phi) is 4.73. The third-order valence-electron chi connectivity index (χ3n) is 2.19. The molecule has 0 spiro atoms. The molecule has 6 nitrogen and oxygen atoms in total. The van der Waals surface area contributed by atoms with Crippen molar-refractivity contribution in [2.24, 2.45) is 10.9 Å². The first-order valence-electron chi connectivity index (χ1n) is 5.23. The maximum Gasteiger partial charge on any atom is 0.315 e. The van der Waals surface area contributed by atoms with Gasteiger partial charge in [-0.3, -0.25) is 0 Å². The standard InChI is InChI=1S/C9H18N4O2/c10-8(13-15)3-1-2-6-11-9(14)12-7-4-5-7/h7,15H,1-6H2,(H2,10,13)(H2,11,12,14). The number of hydrogen-bond acceptors (Lipinski definition) is 3. The summed E-state index contributed by atoms with van der Waals surface area (Å²) in [4.78, 5) is 11.1. The van der Waals surface area contributed by atoms with Crippen molar-refractivity contribution in [3.63, 3.8) is 0 Å².